The lowest BCUT2D eigenvalue weighted by molar-refractivity contribution is 0.0931. The number of hydrogen-bond donors (Lipinski definition) is 0. The molecule has 0 saturated heterocycles. The first-order valence-corrected chi connectivity index (χ1v) is 6.12. The molecule has 1 saturated carbocycles. The molecule has 2 nitrogen and oxygen atoms in total. The molecule has 0 aliphatic heterocycles. The van der Waals surface area contributed by atoms with E-state index in [1.165, 1.54) is 19.3 Å². The summed E-state index contributed by atoms with van der Waals surface area (Å²) in [5.74, 6) is 0.804. The van der Waals surface area contributed by atoms with Crippen molar-refractivity contribution >= 4 is 21.7 Å². The molecule has 1 aliphatic carbocycles. The summed E-state index contributed by atoms with van der Waals surface area (Å²) < 4.78 is 0.961. The Morgan fingerprint density at radius 2 is 2.27 bits per heavy atom. The van der Waals surface area contributed by atoms with Crippen molar-refractivity contribution in [3.05, 3.63) is 28.0 Å². The third-order valence-corrected chi connectivity index (χ3v) is 3.84. The summed E-state index contributed by atoms with van der Waals surface area (Å²) in [4.78, 5) is 16.1. The number of pyridine rings is 1. The van der Waals surface area contributed by atoms with Gasteiger partial charge in [0.1, 0.15) is 5.69 Å². The van der Waals surface area contributed by atoms with Gasteiger partial charge in [0.15, 0.2) is 5.78 Å². The summed E-state index contributed by atoms with van der Waals surface area (Å²) in [5.41, 5.74) is 1.50. The summed E-state index contributed by atoms with van der Waals surface area (Å²) in [6, 6.07) is 3.70. The van der Waals surface area contributed by atoms with Gasteiger partial charge in [-0.05, 0) is 40.9 Å². The third kappa shape index (κ3) is 2.46. The summed E-state index contributed by atoms with van der Waals surface area (Å²) in [7, 11) is 0. The molecule has 0 spiro atoms. The van der Waals surface area contributed by atoms with Crippen LogP contribution in [0.15, 0.2) is 16.6 Å². The first-order chi connectivity index (χ1) is 7.16. The van der Waals surface area contributed by atoms with Crippen molar-refractivity contribution in [2.45, 2.75) is 32.6 Å². The predicted molar refractivity (Wildman–Crippen MR) is 63.0 cm³/mol. The van der Waals surface area contributed by atoms with Crippen LogP contribution in [0.25, 0.3) is 0 Å². The van der Waals surface area contributed by atoms with E-state index in [9.17, 15) is 4.79 Å². The normalized spacial score (nSPS) is 16.1. The van der Waals surface area contributed by atoms with Gasteiger partial charge >= 0.3 is 0 Å². The van der Waals surface area contributed by atoms with Crippen molar-refractivity contribution in [2.75, 3.05) is 0 Å². The number of carbonyl (C=O) groups excluding carboxylic acids is 1. The van der Waals surface area contributed by atoms with E-state index in [2.05, 4.69) is 20.9 Å². The Balaban J connectivity index is 2.07. The fourth-order valence-corrected chi connectivity index (χ4v) is 1.98. The SMILES string of the molecule is Cc1nc(C(=O)CC2CCC2)ccc1Br. The van der Waals surface area contributed by atoms with E-state index in [1.807, 2.05) is 13.0 Å². The maximum absolute atomic E-state index is 11.8. The number of nitrogens with zero attached hydrogens (tertiary/aromatic N) is 1. The van der Waals surface area contributed by atoms with Crippen molar-refractivity contribution in [3.63, 3.8) is 0 Å². The van der Waals surface area contributed by atoms with E-state index in [-0.39, 0.29) is 5.78 Å². The highest BCUT2D eigenvalue weighted by molar-refractivity contribution is 9.10. The second-order valence-corrected chi connectivity index (χ2v) is 5.04. The summed E-state index contributed by atoms with van der Waals surface area (Å²) in [5, 5.41) is 0. The molecule has 1 fully saturated rings. The van der Waals surface area contributed by atoms with Crippen molar-refractivity contribution in [3.8, 4) is 0 Å². The molecule has 0 bridgehead atoms. The smallest absolute Gasteiger partial charge is 0.181 e. The zero-order valence-electron chi connectivity index (χ0n) is 8.79. The lowest BCUT2D eigenvalue weighted by Gasteiger charge is -2.24. The highest BCUT2D eigenvalue weighted by Crippen LogP contribution is 2.30. The van der Waals surface area contributed by atoms with Crippen LogP contribution in [0.1, 0.15) is 41.9 Å². The fourth-order valence-electron chi connectivity index (χ4n) is 1.76. The van der Waals surface area contributed by atoms with Gasteiger partial charge in [0.05, 0.1) is 5.69 Å². The summed E-state index contributed by atoms with van der Waals surface area (Å²) >= 11 is 3.38. The highest BCUT2D eigenvalue weighted by atomic mass is 79.9. The molecule has 3 heteroatoms. The van der Waals surface area contributed by atoms with Gasteiger partial charge in [-0.25, -0.2) is 4.98 Å². The minimum Gasteiger partial charge on any atom is -0.292 e. The van der Waals surface area contributed by atoms with E-state index in [0.717, 1.165) is 10.2 Å². The molecule has 0 radical (unpaired) electrons. The van der Waals surface area contributed by atoms with Crippen molar-refractivity contribution in [2.24, 2.45) is 5.92 Å². The van der Waals surface area contributed by atoms with Gasteiger partial charge in [-0.15, -0.1) is 0 Å². The molecule has 2 rings (SSSR count). The maximum Gasteiger partial charge on any atom is 0.181 e. The largest absolute Gasteiger partial charge is 0.292 e. The number of Topliss-reactive ketones (excluding diaryl/α,β-unsaturated/α-hetero) is 1. The van der Waals surface area contributed by atoms with Crippen molar-refractivity contribution < 1.29 is 4.79 Å². The van der Waals surface area contributed by atoms with E-state index >= 15 is 0 Å². The summed E-state index contributed by atoms with van der Waals surface area (Å²) in [6.45, 7) is 1.91. The predicted octanol–water partition coefficient (Wildman–Crippen LogP) is 3.53. The van der Waals surface area contributed by atoms with Crippen molar-refractivity contribution in [1.82, 2.24) is 4.98 Å². The lowest BCUT2D eigenvalue weighted by Crippen LogP contribution is -2.16. The molecule has 1 aromatic heterocycles. The number of rotatable bonds is 3. The standard InChI is InChI=1S/C12H14BrNO/c1-8-10(13)5-6-11(14-8)12(15)7-9-3-2-4-9/h5-6,9H,2-4,7H2,1H3. The molecule has 0 amide bonds. The van der Waals surface area contributed by atoms with Crippen LogP contribution in [0.4, 0.5) is 0 Å². The second kappa shape index (κ2) is 4.44. The van der Waals surface area contributed by atoms with E-state index in [0.29, 0.717) is 18.0 Å². The number of aryl methyl sites for hydroxylation is 1. The average Bonchev–Trinajstić information content (AvgIpc) is 2.15. The Hall–Kier alpha value is -0.700. The average molecular weight is 268 g/mol. The Morgan fingerprint density at radius 1 is 1.53 bits per heavy atom. The Bertz CT molecular complexity index is 385. The van der Waals surface area contributed by atoms with Crippen molar-refractivity contribution in [1.29, 1.82) is 0 Å². The molecule has 1 aliphatic rings. The van der Waals surface area contributed by atoms with Crippen LogP contribution in [0, 0.1) is 12.8 Å². The lowest BCUT2D eigenvalue weighted by atomic mass is 9.81. The molecule has 0 atom stereocenters. The topological polar surface area (TPSA) is 30.0 Å². The van der Waals surface area contributed by atoms with E-state index < -0.39 is 0 Å². The van der Waals surface area contributed by atoms with Gasteiger partial charge in [0, 0.05) is 10.9 Å². The molecule has 0 N–H and O–H groups in total. The molecule has 0 aromatic carbocycles. The minimum absolute atomic E-state index is 0.190. The van der Waals surface area contributed by atoms with Crippen LogP contribution in [0.3, 0.4) is 0 Å². The highest BCUT2D eigenvalue weighted by Gasteiger charge is 2.21. The van der Waals surface area contributed by atoms with Crippen LogP contribution in [-0.2, 0) is 0 Å². The quantitative estimate of drug-likeness (QED) is 0.785. The second-order valence-electron chi connectivity index (χ2n) is 4.19. The fraction of sp³-hybridized carbons (Fsp3) is 0.500. The van der Waals surface area contributed by atoms with Gasteiger partial charge in [0.25, 0.3) is 0 Å². The number of halogens is 1. The molecule has 0 unspecified atom stereocenters. The van der Waals surface area contributed by atoms with Crippen LogP contribution in [0.5, 0.6) is 0 Å². The van der Waals surface area contributed by atoms with Crippen LogP contribution in [0.2, 0.25) is 0 Å². The zero-order chi connectivity index (χ0) is 10.8. The molecule has 1 aromatic rings. The first-order valence-electron chi connectivity index (χ1n) is 5.33. The molecular formula is C12H14BrNO. The first kappa shape index (κ1) is 10.8. The van der Waals surface area contributed by atoms with Gasteiger partial charge in [0.2, 0.25) is 0 Å². The van der Waals surface area contributed by atoms with Gasteiger partial charge in [-0.2, -0.15) is 0 Å². The molecule has 80 valence electrons. The zero-order valence-corrected chi connectivity index (χ0v) is 10.4. The molecule has 1 heterocycles. The van der Waals surface area contributed by atoms with Crippen LogP contribution in [-0.4, -0.2) is 10.8 Å². The number of carbonyl (C=O) groups is 1. The van der Waals surface area contributed by atoms with Gasteiger partial charge in [-0.1, -0.05) is 19.3 Å². The van der Waals surface area contributed by atoms with Gasteiger partial charge < -0.3 is 0 Å². The van der Waals surface area contributed by atoms with E-state index in [4.69, 9.17) is 0 Å². The maximum atomic E-state index is 11.8. The number of aromatic nitrogens is 1. The molecular weight excluding hydrogens is 254 g/mol. The Labute approximate surface area is 98.2 Å². The van der Waals surface area contributed by atoms with Crippen LogP contribution >= 0.6 is 15.9 Å². The Morgan fingerprint density at radius 3 is 2.80 bits per heavy atom. The Kier molecular flexibility index (Phi) is 3.19. The van der Waals surface area contributed by atoms with Gasteiger partial charge in [-0.3, -0.25) is 4.79 Å². The number of ketones is 1. The van der Waals surface area contributed by atoms with Crippen LogP contribution < -0.4 is 0 Å². The summed E-state index contributed by atoms with van der Waals surface area (Å²) in [6.07, 6.45) is 4.38. The minimum atomic E-state index is 0.190. The third-order valence-electron chi connectivity index (χ3n) is 3.01. The number of hydrogen-bond acceptors (Lipinski definition) is 2. The molecule has 15 heavy (non-hydrogen) atoms. The van der Waals surface area contributed by atoms with E-state index in [1.54, 1.807) is 6.07 Å². The monoisotopic (exact) mass is 267 g/mol.